The first kappa shape index (κ1) is 15.3. The summed E-state index contributed by atoms with van der Waals surface area (Å²) in [5, 5.41) is 3.76. The van der Waals surface area contributed by atoms with Crippen LogP contribution in [0.3, 0.4) is 0 Å². The van der Waals surface area contributed by atoms with Gasteiger partial charge in [0.2, 0.25) is 0 Å². The van der Waals surface area contributed by atoms with Gasteiger partial charge in [-0.3, -0.25) is 4.90 Å². The van der Waals surface area contributed by atoms with Gasteiger partial charge in [0.1, 0.15) is 0 Å². The highest BCUT2D eigenvalue weighted by atomic mass is 15.3. The average Bonchev–Trinajstić information content (AvgIpc) is 2.62. The Hall–Kier alpha value is -0.0800. The molecule has 1 aliphatic heterocycles. The second-order valence-electron chi connectivity index (χ2n) is 7.20. The van der Waals surface area contributed by atoms with Crippen LogP contribution in [0.4, 0.5) is 0 Å². The van der Waals surface area contributed by atoms with Crippen LogP contribution in [-0.2, 0) is 0 Å². The van der Waals surface area contributed by atoms with Gasteiger partial charge in [-0.15, -0.1) is 0 Å². The Morgan fingerprint density at radius 2 is 1.89 bits per heavy atom. The van der Waals surface area contributed by atoms with E-state index < -0.39 is 0 Å². The van der Waals surface area contributed by atoms with E-state index in [4.69, 9.17) is 0 Å². The van der Waals surface area contributed by atoms with Crippen molar-refractivity contribution in [2.24, 2.45) is 11.8 Å². The summed E-state index contributed by atoms with van der Waals surface area (Å²) >= 11 is 0. The number of rotatable bonds is 3. The fourth-order valence-corrected chi connectivity index (χ4v) is 4.10. The second-order valence-corrected chi connectivity index (χ2v) is 7.20. The van der Waals surface area contributed by atoms with Gasteiger partial charge in [-0.25, -0.2) is 0 Å². The molecule has 2 rings (SSSR count). The average molecular weight is 266 g/mol. The molecule has 0 aromatic rings. The number of hydrogen-bond donors (Lipinski definition) is 1. The van der Waals surface area contributed by atoms with E-state index in [2.05, 4.69) is 37.9 Å². The molecule has 0 amide bonds. The number of nitrogens with zero attached hydrogens (tertiary/aromatic N) is 1. The Morgan fingerprint density at radius 3 is 2.58 bits per heavy atom. The molecular weight excluding hydrogens is 232 g/mol. The smallest absolute Gasteiger partial charge is 0.0247 e. The molecule has 1 saturated heterocycles. The molecule has 0 bridgehead atoms. The summed E-state index contributed by atoms with van der Waals surface area (Å²) in [6.07, 6.45) is 8.49. The molecule has 4 atom stereocenters. The third-order valence-corrected chi connectivity index (χ3v) is 5.48. The summed E-state index contributed by atoms with van der Waals surface area (Å²) in [4.78, 5) is 2.89. The molecule has 1 heterocycles. The van der Waals surface area contributed by atoms with Crippen LogP contribution in [-0.4, -0.2) is 36.1 Å². The molecule has 2 aliphatic rings. The van der Waals surface area contributed by atoms with E-state index in [1.54, 1.807) is 0 Å². The standard InChI is InChI=1S/C17H34N2/c1-5-15-12-19(17(11-18-15)13(2)3)16-10-8-6-7-9-14(16)4/h13-18H,5-12H2,1-4H3. The molecule has 2 heteroatoms. The normalized spacial score (nSPS) is 38.4. The second kappa shape index (κ2) is 7.08. The topological polar surface area (TPSA) is 15.3 Å². The molecule has 1 saturated carbocycles. The Balaban J connectivity index is 2.10. The van der Waals surface area contributed by atoms with Gasteiger partial charge in [-0.2, -0.15) is 0 Å². The first-order valence-electron chi connectivity index (χ1n) is 8.62. The first-order chi connectivity index (χ1) is 9.13. The SMILES string of the molecule is CCC1CN(C2CCCCCC2C)C(C(C)C)CN1. The van der Waals surface area contributed by atoms with Crippen molar-refractivity contribution in [3.05, 3.63) is 0 Å². The lowest BCUT2D eigenvalue weighted by molar-refractivity contribution is 0.0287. The van der Waals surface area contributed by atoms with Gasteiger partial charge in [0, 0.05) is 31.2 Å². The fourth-order valence-electron chi connectivity index (χ4n) is 4.10. The predicted molar refractivity (Wildman–Crippen MR) is 83.5 cm³/mol. The van der Waals surface area contributed by atoms with Gasteiger partial charge in [-0.1, -0.05) is 47.0 Å². The van der Waals surface area contributed by atoms with Gasteiger partial charge in [0.05, 0.1) is 0 Å². The molecule has 1 aliphatic carbocycles. The van der Waals surface area contributed by atoms with E-state index in [9.17, 15) is 0 Å². The van der Waals surface area contributed by atoms with Crippen LogP contribution in [0.25, 0.3) is 0 Å². The zero-order chi connectivity index (χ0) is 13.8. The van der Waals surface area contributed by atoms with Gasteiger partial charge in [-0.05, 0) is 31.1 Å². The van der Waals surface area contributed by atoms with Crippen molar-refractivity contribution in [3.63, 3.8) is 0 Å². The third-order valence-electron chi connectivity index (χ3n) is 5.48. The minimum Gasteiger partial charge on any atom is -0.311 e. The monoisotopic (exact) mass is 266 g/mol. The Labute approximate surface area is 120 Å². The fraction of sp³-hybridized carbons (Fsp3) is 1.00. The lowest BCUT2D eigenvalue weighted by Crippen LogP contribution is -2.61. The minimum atomic E-state index is 0.713. The van der Waals surface area contributed by atoms with Crippen molar-refractivity contribution >= 4 is 0 Å². The highest BCUT2D eigenvalue weighted by Gasteiger charge is 2.36. The van der Waals surface area contributed by atoms with Crippen molar-refractivity contribution in [2.45, 2.75) is 84.3 Å². The minimum absolute atomic E-state index is 0.713. The zero-order valence-electron chi connectivity index (χ0n) is 13.5. The van der Waals surface area contributed by atoms with E-state index in [0.29, 0.717) is 6.04 Å². The Kier molecular flexibility index (Phi) is 5.70. The predicted octanol–water partition coefficient (Wildman–Crippen LogP) is 3.66. The van der Waals surface area contributed by atoms with Crippen molar-refractivity contribution in [3.8, 4) is 0 Å². The van der Waals surface area contributed by atoms with Crippen molar-refractivity contribution in [1.29, 1.82) is 0 Å². The van der Waals surface area contributed by atoms with Crippen LogP contribution < -0.4 is 5.32 Å². The van der Waals surface area contributed by atoms with E-state index >= 15 is 0 Å². The van der Waals surface area contributed by atoms with Crippen molar-refractivity contribution in [1.82, 2.24) is 10.2 Å². The van der Waals surface area contributed by atoms with Gasteiger partial charge < -0.3 is 5.32 Å². The molecule has 0 spiro atoms. The highest BCUT2D eigenvalue weighted by molar-refractivity contribution is 4.93. The Bertz CT molecular complexity index is 264. The van der Waals surface area contributed by atoms with E-state index in [1.807, 2.05) is 0 Å². The maximum atomic E-state index is 3.76. The maximum Gasteiger partial charge on any atom is 0.0247 e. The number of nitrogens with one attached hydrogen (secondary N) is 1. The largest absolute Gasteiger partial charge is 0.311 e. The molecule has 0 aromatic carbocycles. The Morgan fingerprint density at radius 1 is 1.16 bits per heavy atom. The van der Waals surface area contributed by atoms with Crippen LogP contribution in [0, 0.1) is 11.8 Å². The van der Waals surface area contributed by atoms with Gasteiger partial charge in [0.25, 0.3) is 0 Å². The highest BCUT2D eigenvalue weighted by Crippen LogP contribution is 2.31. The number of hydrogen-bond acceptors (Lipinski definition) is 2. The summed E-state index contributed by atoms with van der Waals surface area (Å²) in [7, 11) is 0. The van der Waals surface area contributed by atoms with Crippen LogP contribution in [0.15, 0.2) is 0 Å². The van der Waals surface area contributed by atoms with Crippen LogP contribution in [0.5, 0.6) is 0 Å². The summed E-state index contributed by atoms with van der Waals surface area (Å²) in [6, 6.07) is 2.30. The molecule has 112 valence electrons. The van der Waals surface area contributed by atoms with Crippen LogP contribution >= 0.6 is 0 Å². The zero-order valence-corrected chi connectivity index (χ0v) is 13.5. The van der Waals surface area contributed by atoms with Crippen molar-refractivity contribution in [2.75, 3.05) is 13.1 Å². The molecular formula is C17H34N2. The van der Waals surface area contributed by atoms with Gasteiger partial charge in [0.15, 0.2) is 0 Å². The molecule has 2 fully saturated rings. The molecule has 2 nitrogen and oxygen atoms in total. The lowest BCUT2D eigenvalue weighted by Gasteiger charge is -2.48. The van der Waals surface area contributed by atoms with E-state index in [1.165, 1.54) is 51.6 Å². The molecule has 1 N–H and O–H groups in total. The molecule has 4 unspecified atom stereocenters. The van der Waals surface area contributed by atoms with Gasteiger partial charge >= 0.3 is 0 Å². The van der Waals surface area contributed by atoms with E-state index in [-0.39, 0.29) is 0 Å². The summed E-state index contributed by atoms with van der Waals surface area (Å²) in [5.41, 5.74) is 0. The lowest BCUT2D eigenvalue weighted by atomic mass is 9.89. The van der Waals surface area contributed by atoms with Crippen molar-refractivity contribution < 1.29 is 0 Å². The molecule has 19 heavy (non-hydrogen) atoms. The summed E-state index contributed by atoms with van der Waals surface area (Å²) < 4.78 is 0. The summed E-state index contributed by atoms with van der Waals surface area (Å²) in [6.45, 7) is 12.1. The first-order valence-corrected chi connectivity index (χ1v) is 8.62. The molecule has 0 aromatic heterocycles. The number of piperazine rings is 1. The summed E-state index contributed by atoms with van der Waals surface area (Å²) in [5.74, 6) is 1.65. The van der Waals surface area contributed by atoms with E-state index in [0.717, 1.165) is 23.9 Å². The third kappa shape index (κ3) is 3.72. The molecule has 0 radical (unpaired) electrons. The maximum absolute atomic E-state index is 3.76. The van der Waals surface area contributed by atoms with Crippen LogP contribution in [0.1, 0.15) is 66.2 Å². The van der Waals surface area contributed by atoms with Crippen LogP contribution in [0.2, 0.25) is 0 Å². The quantitative estimate of drug-likeness (QED) is 0.784.